The molecule has 2 aromatic rings. The Hall–Kier alpha value is -1.84. The number of rotatable bonds is 4. The molecule has 0 saturated heterocycles. The predicted molar refractivity (Wildman–Crippen MR) is 83.5 cm³/mol. The molecular weight excluding hydrogens is 267 g/mol. The minimum Gasteiger partial charge on any atom is -0.497 e. The van der Waals surface area contributed by atoms with Crippen molar-refractivity contribution in [2.75, 3.05) is 7.11 Å². The molecule has 3 nitrogen and oxygen atoms in total. The minimum absolute atomic E-state index is 0.624. The van der Waals surface area contributed by atoms with E-state index in [-0.39, 0.29) is 0 Å². The molecule has 2 rings (SSSR count). The smallest absolute Gasteiger partial charge is 0.140 e. The lowest BCUT2D eigenvalue weighted by molar-refractivity contribution is 0.237. The summed E-state index contributed by atoms with van der Waals surface area (Å²) in [4.78, 5) is 4.44. The SMILES string of the molecule is COc1cc(C)c(-c2nccn2C)c(C(C)(C)[C@@H](C)F)c1. The topological polar surface area (TPSA) is 27.1 Å². The Labute approximate surface area is 125 Å². The van der Waals surface area contributed by atoms with Crippen molar-refractivity contribution in [2.24, 2.45) is 7.05 Å². The van der Waals surface area contributed by atoms with E-state index in [0.717, 1.165) is 28.3 Å². The standard InChI is InChI=1S/C17H23FN2O/c1-11-9-13(21-6)10-14(17(3,4)12(2)18)15(11)16-19-7-8-20(16)5/h7-10,12H,1-6H3/t12-/m1/s1. The molecule has 1 atom stereocenters. The van der Waals surface area contributed by atoms with E-state index in [1.807, 2.05) is 50.7 Å². The van der Waals surface area contributed by atoms with Gasteiger partial charge in [-0.15, -0.1) is 0 Å². The maximum atomic E-state index is 14.2. The molecular formula is C17H23FN2O. The molecule has 0 aliphatic heterocycles. The van der Waals surface area contributed by atoms with Crippen molar-refractivity contribution in [3.63, 3.8) is 0 Å². The van der Waals surface area contributed by atoms with Gasteiger partial charge in [0.15, 0.2) is 0 Å². The average molecular weight is 290 g/mol. The lowest BCUT2D eigenvalue weighted by atomic mass is 9.77. The van der Waals surface area contributed by atoms with Crippen LogP contribution in [0.15, 0.2) is 24.5 Å². The van der Waals surface area contributed by atoms with Gasteiger partial charge in [-0.2, -0.15) is 0 Å². The first-order valence-corrected chi connectivity index (χ1v) is 7.10. The fourth-order valence-electron chi connectivity index (χ4n) is 2.50. The zero-order valence-corrected chi connectivity index (χ0v) is 13.6. The molecule has 114 valence electrons. The highest BCUT2D eigenvalue weighted by Crippen LogP contribution is 2.40. The molecule has 1 aromatic heterocycles. The van der Waals surface area contributed by atoms with Gasteiger partial charge in [-0.05, 0) is 37.1 Å². The second-order valence-corrected chi connectivity index (χ2v) is 6.07. The summed E-state index contributed by atoms with van der Waals surface area (Å²) in [6.07, 6.45) is 2.67. The summed E-state index contributed by atoms with van der Waals surface area (Å²) in [5.74, 6) is 1.59. The van der Waals surface area contributed by atoms with Crippen LogP contribution in [0.1, 0.15) is 31.9 Å². The Morgan fingerprint density at radius 1 is 1.33 bits per heavy atom. The first-order valence-electron chi connectivity index (χ1n) is 7.10. The number of ether oxygens (including phenoxy) is 1. The Morgan fingerprint density at radius 3 is 2.48 bits per heavy atom. The van der Waals surface area contributed by atoms with E-state index in [1.165, 1.54) is 0 Å². The minimum atomic E-state index is -0.983. The summed E-state index contributed by atoms with van der Waals surface area (Å²) in [5.41, 5.74) is 2.31. The average Bonchev–Trinajstić information content (AvgIpc) is 2.83. The van der Waals surface area contributed by atoms with Crippen LogP contribution in [0.2, 0.25) is 0 Å². The second-order valence-electron chi connectivity index (χ2n) is 6.07. The number of hydrogen-bond donors (Lipinski definition) is 0. The predicted octanol–water partition coefficient (Wildman–Crippen LogP) is 4.04. The maximum Gasteiger partial charge on any atom is 0.140 e. The van der Waals surface area contributed by atoms with Crippen molar-refractivity contribution in [2.45, 2.75) is 39.3 Å². The fourth-order valence-corrected chi connectivity index (χ4v) is 2.50. The Kier molecular flexibility index (Phi) is 4.08. The zero-order chi connectivity index (χ0) is 15.8. The molecule has 4 heteroatoms. The van der Waals surface area contributed by atoms with Gasteiger partial charge < -0.3 is 9.30 Å². The van der Waals surface area contributed by atoms with Crippen LogP contribution in [-0.4, -0.2) is 22.8 Å². The number of methoxy groups -OCH3 is 1. The third-order valence-corrected chi connectivity index (χ3v) is 4.28. The van der Waals surface area contributed by atoms with Gasteiger partial charge in [-0.1, -0.05) is 13.8 Å². The van der Waals surface area contributed by atoms with Crippen LogP contribution in [-0.2, 0) is 12.5 Å². The van der Waals surface area contributed by atoms with E-state index in [4.69, 9.17) is 4.74 Å². The number of benzene rings is 1. The van der Waals surface area contributed by atoms with Gasteiger partial charge in [0.25, 0.3) is 0 Å². The molecule has 0 bridgehead atoms. The molecule has 1 aromatic carbocycles. The molecule has 0 spiro atoms. The van der Waals surface area contributed by atoms with Gasteiger partial charge in [0, 0.05) is 30.4 Å². The molecule has 0 fully saturated rings. The van der Waals surface area contributed by atoms with Gasteiger partial charge in [0.05, 0.1) is 7.11 Å². The van der Waals surface area contributed by atoms with Crippen molar-refractivity contribution in [3.8, 4) is 17.1 Å². The van der Waals surface area contributed by atoms with Crippen molar-refractivity contribution >= 4 is 0 Å². The summed E-state index contributed by atoms with van der Waals surface area (Å²) in [5, 5.41) is 0. The summed E-state index contributed by atoms with van der Waals surface area (Å²) < 4.78 is 21.5. The van der Waals surface area contributed by atoms with Gasteiger partial charge in [0.1, 0.15) is 17.7 Å². The van der Waals surface area contributed by atoms with E-state index in [9.17, 15) is 4.39 Å². The summed E-state index contributed by atoms with van der Waals surface area (Å²) in [6, 6.07) is 3.89. The molecule has 0 saturated carbocycles. The van der Waals surface area contributed by atoms with E-state index in [0.29, 0.717) is 0 Å². The number of alkyl halides is 1. The van der Waals surface area contributed by atoms with Crippen LogP contribution in [0, 0.1) is 6.92 Å². The van der Waals surface area contributed by atoms with Crippen molar-refractivity contribution in [1.82, 2.24) is 9.55 Å². The van der Waals surface area contributed by atoms with Gasteiger partial charge in [-0.3, -0.25) is 0 Å². The summed E-state index contributed by atoms with van der Waals surface area (Å²) >= 11 is 0. The number of nitrogens with zero attached hydrogens (tertiary/aromatic N) is 2. The summed E-state index contributed by atoms with van der Waals surface area (Å²) in [6.45, 7) is 7.43. The largest absolute Gasteiger partial charge is 0.497 e. The number of halogens is 1. The number of aromatic nitrogens is 2. The van der Waals surface area contributed by atoms with Crippen molar-refractivity contribution < 1.29 is 9.13 Å². The van der Waals surface area contributed by atoms with Crippen molar-refractivity contribution in [1.29, 1.82) is 0 Å². The molecule has 0 aliphatic rings. The van der Waals surface area contributed by atoms with E-state index >= 15 is 0 Å². The van der Waals surface area contributed by atoms with Gasteiger partial charge in [0.2, 0.25) is 0 Å². The highest BCUT2D eigenvalue weighted by Gasteiger charge is 2.32. The van der Waals surface area contributed by atoms with Gasteiger partial charge in [-0.25, -0.2) is 9.37 Å². The zero-order valence-electron chi connectivity index (χ0n) is 13.6. The third-order valence-electron chi connectivity index (χ3n) is 4.28. The van der Waals surface area contributed by atoms with Crippen LogP contribution in [0.3, 0.4) is 0 Å². The molecule has 0 radical (unpaired) electrons. The molecule has 0 amide bonds. The number of hydrogen-bond acceptors (Lipinski definition) is 2. The molecule has 0 N–H and O–H groups in total. The van der Waals surface area contributed by atoms with Crippen LogP contribution in [0.5, 0.6) is 5.75 Å². The van der Waals surface area contributed by atoms with E-state index in [2.05, 4.69) is 4.98 Å². The second kappa shape index (κ2) is 5.51. The molecule has 0 unspecified atom stereocenters. The number of aryl methyl sites for hydroxylation is 2. The highest BCUT2D eigenvalue weighted by molar-refractivity contribution is 5.69. The van der Waals surface area contributed by atoms with Gasteiger partial charge >= 0.3 is 0 Å². The van der Waals surface area contributed by atoms with Crippen LogP contribution in [0.25, 0.3) is 11.4 Å². The molecule has 21 heavy (non-hydrogen) atoms. The van der Waals surface area contributed by atoms with Crippen molar-refractivity contribution in [3.05, 3.63) is 35.7 Å². The highest BCUT2D eigenvalue weighted by atomic mass is 19.1. The van der Waals surface area contributed by atoms with Crippen LogP contribution in [0.4, 0.5) is 4.39 Å². The van der Waals surface area contributed by atoms with E-state index in [1.54, 1.807) is 20.2 Å². The first-order chi connectivity index (χ1) is 9.78. The first kappa shape index (κ1) is 15.5. The number of imidazole rings is 1. The normalized spacial score (nSPS) is 13.3. The quantitative estimate of drug-likeness (QED) is 0.849. The Morgan fingerprint density at radius 2 is 2.00 bits per heavy atom. The summed E-state index contributed by atoms with van der Waals surface area (Å²) in [7, 11) is 3.58. The Balaban J connectivity index is 2.78. The van der Waals surface area contributed by atoms with E-state index < -0.39 is 11.6 Å². The molecule has 0 aliphatic carbocycles. The van der Waals surface area contributed by atoms with Crippen LogP contribution < -0.4 is 4.74 Å². The fraction of sp³-hybridized carbons (Fsp3) is 0.471. The lowest BCUT2D eigenvalue weighted by Crippen LogP contribution is -2.29. The Bertz CT molecular complexity index is 644. The van der Waals surface area contributed by atoms with Crippen LogP contribution >= 0.6 is 0 Å². The maximum absolute atomic E-state index is 14.2. The molecule has 1 heterocycles. The third kappa shape index (κ3) is 2.67. The lowest BCUT2D eigenvalue weighted by Gasteiger charge is -2.30. The monoisotopic (exact) mass is 290 g/mol.